The van der Waals surface area contributed by atoms with Gasteiger partial charge in [-0.15, -0.1) is 0 Å². The summed E-state index contributed by atoms with van der Waals surface area (Å²) in [7, 11) is 0. The number of ether oxygens (including phenoxy) is 5. The van der Waals surface area contributed by atoms with E-state index in [9.17, 15) is 62.3 Å². The number of hydrogen-bond acceptors (Lipinski definition) is 10. The van der Waals surface area contributed by atoms with Crippen LogP contribution in [0.5, 0.6) is 11.5 Å². The summed E-state index contributed by atoms with van der Waals surface area (Å²) >= 11 is 0. The fraction of sp³-hybridized carbons (Fsp3) is 0.517. The minimum absolute atomic E-state index is 0.0963. The third kappa shape index (κ3) is 14.3. The van der Waals surface area contributed by atoms with Crippen LogP contribution in [0.4, 0.5) is 52.7 Å². The second-order valence-electron chi connectivity index (χ2n) is 10.4. The number of esters is 2. The highest BCUT2D eigenvalue weighted by Gasteiger charge is 2.38. The van der Waals surface area contributed by atoms with E-state index in [0.717, 1.165) is 0 Å². The summed E-state index contributed by atoms with van der Waals surface area (Å²) in [5.74, 6) is -3.91. The second-order valence-corrected chi connectivity index (χ2v) is 10.4. The van der Waals surface area contributed by atoms with Crippen LogP contribution in [0, 0.1) is 0 Å². The molecule has 10 nitrogen and oxygen atoms in total. The SMILES string of the molecule is O=C(COc1cc(C(F)(F)F)cc(C(F)(F)F)c1)OCC(COOCCOc1cc(C(F)(F)F)cc(C(F)(F)F)c1)OC(=O)CN1CCOCC1. The predicted octanol–water partition coefficient (Wildman–Crippen LogP) is 5.96. The Kier molecular flexibility index (Phi) is 14.2. The van der Waals surface area contributed by atoms with Crippen molar-refractivity contribution in [3.63, 3.8) is 0 Å². The molecule has 22 heteroatoms. The molecule has 0 spiro atoms. The smallest absolute Gasteiger partial charge is 0.416 e. The van der Waals surface area contributed by atoms with Crippen molar-refractivity contribution in [3.05, 3.63) is 58.7 Å². The van der Waals surface area contributed by atoms with Gasteiger partial charge < -0.3 is 23.7 Å². The van der Waals surface area contributed by atoms with Gasteiger partial charge in [0.25, 0.3) is 0 Å². The van der Waals surface area contributed by atoms with Crippen LogP contribution >= 0.6 is 0 Å². The van der Waals surface area contributed by atoms with Crippen molar-refractivity contribution in [2.24, 2.45) is 0 Å². The van der Waals surface area contributed by atoms with Crippen molar-refractivity contribution in [1.82, 2.24) is 4.90 Å². The van der Waals surface area contributed by atoms with E-state index in [1.54, 1.807) is 4.90 Å². The molecule has 2 aromatic carbocycles. The topological polar surface area (TPSA) is 102 Å². The van der Waals surface area contributed by atoms with E-state index in [0.29, 0.717) is 38.4 Å². The molecule has 2 aromatic rings. The summed E-state index contributed by atoms with van der Waals surface area (Å²) in [6.07, 6.45) is -22.0. The maximum Gasteiger partial charge on any atom is 0.416 e. The maximum atomic E-state index is 13.1. The van der Waals surface area contributed by atoms with E-state index in [1.807, 2.05) is 0 Å². The molecule has 1 atom stereocenters. The summed E-state index contributed by atoms with van der Waals surface area (Å²) < 4.78 is 182. The molecular weight excluding hydrogens is 734 g/mol. The van der Waals surface area contributed by atoms with Gasteiger partial charge in [-0.05, 0) is 36.4 Å². The summed E-state index contributed by atoms with van der Waals surface area (Å²) in [4.78, 5) is 35.9. The summed E-state index contributed by atoms with van der Waals surface area (Å²) in [6.45, 7) is -2.74. The molecule has 0 saturated carbocycles. The number of halogens is 12. The fourth-order valence-corrected chi connectivity index (χ4v) is 4.05. The van der Waals surface area contributed by atoms with E-state index >= 15 is 0 Å². The molecule has 0 radical (unpaired) electrons. The molecule has 0 bridgehead atoms. The lowest BCUT2D eigenvalue weighted by Crippen LogP contribution is -2.41. The van der Waals surface area contributed by atoms with E-state index in [1.165, 1.54) is 0 Å². The van der Waals surface area contributed by atoms with Crippen LogP contribution in [-0.2, 0) is 58.3 Å². The first-order chi connectivity index (χ1) is 23.6. The van der Waals surface area contributed by atoms with Crippen LogP contribution in [0.3, 0.4) is 0 Å². The fourth-order valence-electron chi connectivity index (χ4n) is 4.05. The van der Waals surface area contributed by atoms with Crippen molar-refractivity contribution >= 4 is 11.9 Å². The number of morpholine rings is 1. The van der Waals surface area contributed by atoms with E-state index < -0.39 is 110 Å². The number of carbonyl (C=O) groups is 2. The highest BCUT2D eigenvalue weighted by molar-refractivity contribution is 5.72. The molecule has 0 aliphatic carbocycles. The molecule has 1 unspecified atom stereocenters. The molecule has 1 fully saturated rings. The van der Waals surface area contributed by atoms with Gasteiger partial charge in [-0.3, -0.25) is 9.69 Å². The molecular formula is C29H27F12NO9. The van der Waals surface area contributed by atoms with Gasteiger partial charge in [-0.2, -0.15) is 52.7 Å². The molecule has 1 heterocycles. The van der Waals surface area contributed by atoms with Crippen LogP contribution < -0.4 is 9.47 Å². The maximum absolute atomic E-state index is 13.1. The molecule has 0 aromatic heterocycles. The number of nitrogens with zero attached hydrogens (tertiary/aromatic N) is 1. The van der Waals surface area contributed by atoms with Gasteiger partial charge in [-0.25, -0.2) is 14.6 Å². The van der Waals surface area contributed by atoms with Crippen molar-refractivity contribution in [1.29, 1.82) is 0 Å². The van der Waals surface area contributed by atoms with Crippen LogP contribution in [-0.4, -0.2) is 88.8 Å². The lowest BCUT2D eigenvalue weighted by atomic mass is 10.1. The average molecular weight is 762 g/mol. The highest BCUT2D eigenvalue weighted by atomic mass is 19.4. The Hall–Kier alpha value is -4.02. The zero-order chi connectivity index (χ0) is 38.0. The molecule has 1 aliphatic rings. The molecule has 1 aliphatic heterocycles. The Balaban J connectivity index is 1.56. The molecule has 0 amide bonds. The van der Waals surface area contributed by atoms with E-state index in [4.69, 9.17) is 33.5 Å². The van der Waals surface area contributed by atoms with Gasteiger partial charge in [0.05, 0.1) is 42.0 Å². The first-order valence-electron chi connectivity index (χ1n) is 14.4. The summed E-state index contributed by atoms with van der Waals surface area (Å²) in [5.41, 5.74) is -6.63. The van der Waals surface area contributed by atoms with Gasteiger partial charge in [0.2, 0.25) is 0 Å². The number of hydrogen-bond donors (Lipinski definition) is 0. The monoisotopic (exact) mass is 761 g/mol. The van der Waals surface area contributed by atoms with Crippen LogP contribution in [0.1, 0.15) is 22.3 Å². The first-order valence-corrected chi connectivity index (χ1v) is 14.4. The minimum atomic E-state index is -5.18. The quantitative estimate of drug-likeness (QED) is 0.0712. The van der Waals surface area contributed by atoms with Gasteiger partial charge in [0.1, 0.15) is 37.9 Å². The predicted molar refractivity (Wildman–Crippen MR) is 144 cm³/mol. The Morgan fingerprint density at radius 1 is 0.627 bits per heavy atom. The number of carbonyl (C=O) groups excluding carboxylic acids is 2. The third-order valence-corrected chi connectivity index (χ3v) is 6.44. The summed E-state index contributed by atoms with van der Waals surface area (Å²) in [6, 6.07) is 0.887. The number of benzene rings is 2. The van der Waals surface area contributed by atoms with E-state index in [2.05, 4.69) is 0 Å². The minimum Gasteiger partial charge on any atom is -0.491 e. The molecule has 286 valence electrons. The van der Waals surface area contributed by atoms with E-state index in [-0.39, 0.29) is 30.8 Å². The van der Waals surface area contributed by atoms with Gasteiger partial charge in [0.15, 0.2) is 12.7 Å². The largest absolute Gasteiger partial charge is 0.491 e. The molecule has 0 N–H and O–H groups in total. The third-order valence-electron chi connectivity index (χ3n) is 6.44. The Labute approximate surface area is 279 Å². The van der Waals surface area contributed by atoms with Crippen LogP contribution in [0.25, 0.3) is 0 Å². The zero-order valence-corrected chi connectivity index (χ0v) is 25.8. The lowest BCUT2D eigenvalue weighted by Gasteiger charge is -2.26. The first kappa shape index (κ1) is 41.4. The van der Waals surface area contributed by atoms with Crippen molar-refractivity contribution in [3.8, 4) is 11.5 Å². The Morgan fingerprint density at radius 3 is 1.57 bits per heavy atom. The highest BCUT2D eigenvalue weighted by Crippen LogP contribution is 2.39. The lowest BCUT2D eigenvalue weighted by molar-refractivity contribution is -0.309. The standard InChI is InChI=1S/C29H27F12NO9/c30-26(31,32)17-7-18(27(33,34)35)10-21(9-17)46-5-6-49-50-15-23(51-24(43)13-42-1-3-45-4-2-42)14-48-25(44)16-47-22-11-19(28(36,37)38)8-20(12-22)29(39,40)41/h7-12,23H,1-6,13-16H2. The zero-order valence-electron chi connectivity index (χ0n) is 25.8. The van der Waals surface area contributed by atoms with Gasteiger partial charge >= 0.3 is 36.6 Å². The number of alkyl halides is 12. The Bertz CT molecular complexity index is 1390. The number of rotatable bonds is 15. The average Bonchev–Trinajstić information content (AvgIpc) is 3.02. The van der Waals surface area contributed by atoms with Crippen molar-refractivity contribution in [2.45, 2.75) is 30.8 Å². The molecule has 51 heavy (non-hydrogen) atoms. The summed E-state index contributed by atoms with van der Waals surface area (Å²) in [5, 5.41) is 0. The van der Waals surface area contributed by atoms with Crippen molar-refractivity contribution in [2.75, 3.05) is 65.9 Å². The van der Waals surface area contributed by atoms with Crippen molar-refractivity contribution < 1.29 is 95.7 Å². The second kappa shape index (κ2) is 17.5. The van der Waals surface area contributed by atoms with Gasteiger partial charge in [-0.1, -0.05) is 0 Å². The van der Waals surface area contributed by atoms with Gasteiger partial charge in [0, 0.05) is 13.1 Å². The molecule has 3 rings (SSSR count). The Morgan fingerprint density at radius 2 is 1.10 bits per heavy atom. The molecule has 1 saturated heterocycles. The van der Waals surface area contributed by atoms with Crippen LogP contribution in [0.15, 0.2) is 36.4 Å². The van der Waals surface area contributed by atoms with Crippen LogP contribution in [0.2, 0.25) is 0 Å². The normalized spacial score (nSPS) is 15.3.